The first-order chi connectivity index (χ1) is 11.1. The largest absolute Gasteiger partial charge is 0.480 e. The molecule has 3 fully saturated rings. The number of alkyl carbamates (subject to hydrolysis) is 1. The van der Waals surface area contributed by atoms with Gasteiger partial charge in [-0.1, -0.05) is 30.3 Å². The fraction of sp³-hybridized carbons (Fsp3) is 0.579. The molecule has 3 saturated carbocycles. The monoisotopic (exact) mass is 331 g/mol. The average molecular weight is 331 g/mol. The van der Waals surface area contributed by atoms with E-state index in [2.05, 4.69) is 17.4 Å². The van der Waals surface area contributed by atoms with Crippen molar-refractivity contribution < 1.29 is 19.4 Å². The van der Waals surface area contributed by atoms with Gasteiger partial charge in [0.15, 0.2) is 0 Å². The first kappa shape index (κ1) is 16.8. The van der Waals surface area contributed by atoms with E-state index in [-0.39, 0.29) is 10.8 Å². The lowest BCUT2D eigenvalue weighted by atomic mass is 9.32. The topological polar surface area (TPSA) is 75.6 Å². The Morgan fingerprint density at radius 2 is 1.79 bits per heavy atom. The van der Waals surface area contributed by atoms with E-state index in [4.69, 9.17) is 4.74 Å². The first-order valence-corrected chi connectivity index (χ1v) is 8.40. The molecule has 1 aromatic carbocycles. The number of carboxylic acids is 1. The predicted molar refractivity (Wildman–Crippen MR) is 89.7 cm³/mol. The zero-order valence-corrected chi connectivity index (χ0v) is 14.5. The fourth-order valence-corrected chi connectivity index (χ4v) is 4.51. The number of nitrogens with one attached hydrogen (secondary N) is 1. The number of aliphatic carboxylic acids is 1. The summed E-state index contributed by atoms with van der Waals surface area (Å²) in [5, 5.41) is 12.1. The molecule has 130 valence electrons. The summed E-state index contributed by atoms with van der Waals surface area (Å²) in [4.78, 5) is 23.6. The van der Waals surface area contributed by atoms with Gasteiger partial charge in [0.2, 0.25) is 0 Å². The molecule has 1 amide bonds. The van der Waals surface area contributed by atoms with Crippen molar-refractivity contribution in [3.8, 4) is 0 Å². The average Bonchev–Trinajstić information content (AvgIpc) is 2.38. The van der Waals surface area contributed by atoms with Crippen molar-refractivity contribution in [3.63, 3.8) is 0 Å². The molecule has 0 spiro atoms. The fourth-order valence-electron chi connectivity index (χ4n) is 4.51. The molecule has 1 atom stereocenters. The molecule has 2 N–H and O–H groups in total. The number of hydrogen-bond donors (Lipinski definition) is 2. The molecule has 2 bridgehead atoms. The van der Waals surface area contributed by atoms with Gasteiger partial charge < -0.3 is 15.2 Å². The maximum absolute atomic E-state index is 12.0. The summed E-state index contributed by atoms with van der Waals surface area (Å²) in [6, 6.07) is 9.41. The van der Waals surface area contributed by atoms with E-state index >= 15 is 0 Å². The number of amides is 1. The van der Waals surface area contributed by atoms with Crippen LogP contribution in [0.2, 0.25) is 0 Å². The minimum absolute atomic E-state index is 0.213. The van der Waals surface area contributed by atoms with Crippen molar-refractivity contribution in [1.82, 2.24) is 5.32 Å². The Morgan fingerprint density at radius 3 is 2.29 bits per heavy atom. The quantitative estimate of drug-likeness (QED) is 0.867. The van der Waals surface area contributed by atoms with E-state index in [1.165, 1.54) is 5.56 Å². The number of carbonyl (C=O) groups is 2. The number of rotatable bonds is 5. The van der Waals surface area contributed by atoms with Crippen molar-refractivity contribution in [1.29, 1.82) is 0 Å². The SMILES string of the molecule is CC(C)(C)OC(=O)NC(C(=O)O)C12CC(Cc3ccccc3)(C1)C2. The summed E-state index contributed by atoms with van der Waals surface area (Å²) >= 11 is 0. The van der Waals surface area contributed by atoms with Crippen LogP contribution in [-0.2, 0) is 16.0 Å². The van der Waals surface area contributed by atoms with Crippen LogP contribution in [0.5, 0.6) is 0 Å². The van der Waals surface area contributed by atoms with Gasteiger partial charge in [-0.05, 0) is 57.4 Å². The summed E-state index contributed by atoms with van der Waals surface area (Å²) in [5.74, 6) is -0.978. The van der Waals surface area contributed by atoms with Crippen molar-refractivity contribution in [2.75, 3.05) is 0 Å². The van der Waals surface area contributed by atoms with Crippen LogP contribution in [0.1, 0.15) is 45.6 Å². The standard InChI is InChI=1S/C19H25NO4/c1-17(2,3)24-16(23)20-14(15(21)22)19-10-18(11-19,12-19)9-13-7-5-4-6-8-13/h4-8,14H,9-12H2,1-3H3,(H,20,23)(H,21,22). The Bertz CT molecular complexity index is 627. The highest BCUT2D eigenvalue weighted by Gasteiger charge is 2.71. The highest BCUT2D eigenvalue weighted by atomic mass is 16.6. The van der Waals surface area contributed by atoms with E-state index < -0.39 is 23.7 Å². The van der Waals surface area contributed by atoms with Crippen molar-refractivity contribution >= 4 is 12.1 Å². The molecule has 0 radical (unpaired) electrons. The molecular weight excluding hydrogens is 306 g/mol. The number of ether oxygens (including phenoxy) is 1. The number of carbonyl (C=O) groups excluding carboxylic acids is 1. The molecule has 3 aliphatic carbocycles. The van der Waals surface area contributed by atoms with Crippen LogP contribution < -0.4 is 5.32 Å². The zero-order chi connectivity index (χ0) is 17.6. The Kier molecular flexibility index (Phi) is 3.85. The molecule has 5 nitrogen and oxygen atoms in total. The highest BCUT2D eigenvalue weighted by Crippen LogP contribution is 2.75. The lowest BCUT2D eigenvalue weighted by Crippen LogP contribution is -2.72. The molecule has 0 aromatic heterocycles. The molecule has 5 heteroatoms. The van der Waals surface area contributed by atoms with Gasteiger partial charge in [0, 0.05) is 5.41 Å². The third kappa shape index (κ3) is 3.12. The second-order valence-electron chi connectivity index (χ2n) is 8.47. The minimum Gasteiger partial charge on any atom is -0.480 e. The second kappa shape index (κ2) is 5.50. The van der Waals surface area contributed by atoms with Crippen LogP contribution in [0.4, 0.5) is 4.79 Å². The first-order valence-electron chi connectivity index (χ1n) is 8.40. The smallest absolute Gasteiger partial charge is 0.408 e. The molecule has 0 heterocycles. The molecular formula is C19H25NO4. The molecule has 4 rings (SSSR count). The zero-order valence-electron chi connectivity index (χ0n) is 14.5. The second-order valence-corrected chi connectivity index (χ2v) is 8.47. The molecule has 24 heavy (non-hydrogen) atoms. The van der Waals surface area contributed by atoms with E-state index in [1.54, 1.807) is 20.8 Å². The highest BCUT2D eigenvalue weighted by molar-refractivity contribution is 5.81. The normalized spacial score (nSPS) is 29.0. The van der Waals surface area contributed by atoms with Crippen molar-refractivity contribution in [2.45, 2.75) is 58.1 Å². The van der Waals surface area contributed by atoms with Crippen molar-refractivity contribution in [3.05, 3.63) is 35.9 Å². The summed E-state index contributed by atoms with van der Waals surface area (Å²) in [5.41, 5.74) is 0.557. The van der Waals surface area contributed by atoms with Crippen LogP contribution in [0.25, 0.3) is 0 Å². The van der Waals surface area contributed by atoms with Gasteiger partial charge >= 0.3 is 12.1 Å². The summed E-state index contributed by atoms with van der Waals surface area (Å²) in [7, 11) is 0. The minimum atomic E-state index is -0.978. The summed E-state index contributed by atoms with van der Waals surface area (Å²) in [6.07, 6.45) is 2.87. The van der Waals surface area contributed by atoms with Crippen LogP contribution in [0.15, 0.2) is 30.3 Å². The number of benzene rings is 1. The third-order valence-corrected chi connectivity index (χ3v) is 5.12. The number of carboxylic acid groups (broad SMARTS) is 1. The Balaban J connectivity index is 1.60. The Morgan fingerprint density at radius 1 is 1.21 bits per heavy atom. The molecule has 1 unspecified atom stereocenters. The van der Waals surface area contributed by atoms with Crippen molar-refractivity contribution in [2.24, 2.45) is 10.8 Å². The molecule has 1 aromatic rings. The van der Waals surface area contributed by atoms with E-state index in [1.807, 2.05) is 18.2 Å². The molecule has 0 saturated heterocycles. The van der Waals surface area contributed by atoms with E-state index in [0.717, 1.165) is 25.7 Å². The van der Waals surface area contributed by atoms with Crippen LogP contribution in [0, 0.1) is 10.8 Å². The van der Waals surface area contributed by atoms with Gasteiger partial charge in [-0.3, -0.25) is 0 Å². The van der Waals surface area contributed by atoms with Crippen LogP contribution in [0.3, 0.4) is 0 Å². The lowest BCUT2D eigenvalue weighted by Gasteiger charge is -2.72. The van der Waals surface area contributed by atoms with Gasteiger partial charge in [-0.2, -0.15) is 0 Å². The van der Waals surface area contributed by atoms with Gasteiger partial charge in [0.05, 0.1) is 0 Å². The van der Waals surface area contributed by atoms with Gasteiger partial charge in [-0.15, -0.1) is 0 Å². The van der Waals surface area contributed by atoms with E-state index in [9.17, 15) is 14.7 Å². The summed E-state index contributed by atoms with van der Waals surface area (Å²) in [6.45, 7) is 5.29. The number of hydrogen-bond acceptors (Lipinski definition) is 3. The van der Waals surface area contributed by atoms with Gasteiger partial charge in [0.25, 0.3) is 0 Å². The predicted octanol–water partition coefficient (Wildman–Crippen LogP) is 3.38. The van der Waals surface area contributed by atoms with E-state index in [0.29, 0.717) is 0 Å². The van der Waals surface area contributed by atoms with Crippen LogP contribution in [-0.4, -0.2) is 28.8 Å². The maximum Gasteiger partial charge on any atom is 0.408 e. The lowest BCUT2D eigenvalue weighted by molar-refractivity contribution is -0.224. The van der Waals surface area contributed by atoms with Gasteiger partial charge in [-0.25, -0.2) is 9.59 Å². The Hall–Kier alpha value is -2.04. The molecule has 3 aliphatic rings. The Labute approximate surface area is 142 Å². The summed E-state index contributed by atoms with van der Waals surface area (Å²) < 4.78 is 5.21. The van der Waals surface area contributed by atoms with Crippen LogP contribution >= 0.6 is 0 Å². The maximum atomic E-state index is 12.0. The van der Waals surface area contributed by atoms with Gasteiger partial charge in [0.1, 0.15) is 11.6 Å². The molecule has 0 aliphatic heterocycles. The third-order valence-electron chi connectivity index (χ3n) is 5.12.